The number of nitrogens with one attached hydrogen (secondary N) is 2. The molecule has 0 atom stereocenters. The van der Waals surface area contributed by atoms with Crippen molar-refractivity contribution in [3.63, 3.8) is 0 Å². The molecule has 0 saturated carbocycles. The van der Waals surface area contributed by atoms with Gasteiger partial charge in [0.15, 0.2) is 0 Å². The smallest absolute Gasteiger partial charge is 0.225 e. The average Bonchev–Trinajstić information content (AvgIpc) is 2.76. The third-order valence-electron chi connectivity index (χ3n) is 4.16. The Morgan fingerprint density at radius 3 is 2.90 bits per heavy atom. The van der Waals surface area contributed by atoms with Gasteiger partial charge in [0.25, 0.3) is 0 Å². The molecule has 2 N–H and O–H groups in total. The quantitative estimate of drug-likeness (QED) is 0.908. The number of aryl methyl sites for hydroxylation is 2. The predicted molar refractivity (Wildman–Crippen MR) is 80.2 cm³/mol. The Kier molecular flexibility index (Phi) is 3.88. The second kappa shape index (κ2) is 5.81. The molecule has 0 radical (unpaired) electrons. The summed E-state index contributed by atoms with van der Waals surface area (Å²) in [6.45, 7) is 5.51. The van der Waals surface area contributed by atoms with Crippen LogP contribution in [0.2, 0.25) is 0 Å². The van der Waals surface area contributed by atoms with Crippen LogP contribution in [0.1, 0.15) is 30.5 Å². The summed E-state index contributed by atoms with van der Waals surface area (Å²) in [5.74, 6) is 1.02. The number of carbonyl (C=O) groups is 1. The van der Waals surface area contributed by atoms with E-state index in [1.807, 2.05) is 13.8 Å². The van der Waals surface area contributed by atoms with E-state index in [1.165, 1.54) is 6.33 Å². The van der Waals surface area contributed by atoms with E-state index in [0.717, 1.165) is 48.3 Å². The van der Waals surface area contributed by atoms with Gasteiger partial charge in [0.1, 0.15) is 17.8 Å². The van der Waals surface area contributed by atoms with E-state index < -0.39 is 0 Å². The first-order valence-electron chi connectivity index (χ1n) is 7.32. The lowest BCUT2D eigenvalue weighted by atomic mass is 9.96. The number of fused-ring (bicyclic) bond motifs is 1. The summed E-state index contributed by atoms with van der Waals surface area (Å²) in [6.07, 6.45) is 3.91. The van der Waals surface area contributed by atoms with Crippen LogP contribution in [-0.4, -0.2) is 34.1 Å². The van der Waals surface area contributed by atoms with Gasteiger partial charge in [-0.2, -0.15) is 0 Å². The van der Waals surface area contributed by atoms with Gasteiger partial charge >= 0.3 is 0 Å². The highest BCUT2D eigenvalue weighted by Gasteiger charge is 2.19. The van der Waals surface area contributed by atoms with Gasteiger partial charge in [-0.25, -0.2) is 9.97 Å². The van der Waals surface area contributed by atoms with E-state index in [0.29, 0.717) is 18.2 Å². The molecule has 0 aromatic carbocycles. The van der Waals surface area contributed by atoms with Crippen molar-refractivity contribution in [2.24, 2.45) is 5.92 Å². The molecular weight excluding hydrogens is 268 g/mol. The second-order valence-electron chi connectivity index (χ2n) is 5.63. The molecule has 2 aromatic heterocycles. The monoisotopic (exact) mass is 288 g/mol. The van der Waals surface area contributed by atoms with Crippen molar-refractivity contribution in [1.82, 2.24) is 15.0 Å². The van der Waals surface area contributed by atoms with Crippen LogP contribution < -0.4 is 5.32 Å². The zero-order valence-electron chi connectivity index (χ0n) is 12.4. The van der Waals surface area contributed by atoms with Gasteiger partial charge in [0.2, 0.25) is 5.91 Å². The number of anilines is 1. The molecule has 2 aromatic rings. The van der Waals surface area contributed by atoms with E-state index >= 15 is 0 Å². The number of nitrogens with zero attached hydrogens (tertiary/aromatic N) is 2. The van der Waals surface area contributed by atoms with Crippen molar-refractivity contribution < 1.29 is 9.53 Å². The van der Waals surface area contributed by atoms with Crippen LogP contribution in [0.3, 0.4) is 0 Å². The maximum absolute atomic E-state index is 12.2. The molecule has 0 aliphatic carbocycles. The number of ether oxygens (including phenoxy) is 1. The molecule has 21 heavy (non-hydrogen) atoms. The van der Waals surface area contributed by atoms with E-state index in [9.17, 15) is 4.79 Å². The molecule has 0 unspecified atom stereocenters. The third-order valence-corrected chi connectivity index (χ3v) is 4.16. The highest BCUT2D eigenvalue weighted by molar-refractivity contribution is 6.00. The van der Waals surface area contributed by atoms with Crippen LogP contribution in [0.4, 0.5) is 5.82 Å². The summed E-state index contributed by atoms with van der Waals surface area (Å²) in [6, 6.07) is 0. The lowest BCUT2D eigenvalue weighted by Gasteiger charge is -2.21. The molecule has 1 aliphatic heterocycles. The first kappa shape index (κ1) is 14.0. The van der Waals surface area contributed by atoms with Crippen molar-refractivity contribution in [3.05, 3.63) is 17.6 Å². The standard InChI is InChI=1S/C15H20N4O2/c1-9-10(2)18-14-13(9)15(17-8-16-14)19-12(20)7-11-3-5-21-6-4-11/h8,11H,3-7H2,1-2H3,(H2,16,17,18,19,20). The van der Waals surface area contributed by atoms with E-state index in [2.05, 4.69) is 20.3 Å². The van der Waals surface area contributed by atoms with Crippen LogP contribution in [0.15, 0.2) is 6.33 Å². The first-order valence-corrected chi connectivity index (χ1v) is 7.32. The molecular formula is C15H20N4O2. The third kappa shape index (κ3) is 2.90. The number of H-pyrrole nitrogens is 1. The van der Waals surface area contributed by atoms with Gasteiger partial charge in [-0.1, -0.05) is 0 Å². The molecule has 3 rings (SSSR count). The molecule has 0 bridgehead atoms. The van der Waals surface area contributed by atoms with Gasteiger partial charge in [-0.05, 0) is 38.2 Å². The maximum atomic E-state index is 12.2. The highest BCUT2D eigenvalue weighted by atomic mass is 16.5. The summed E-state index contributed by atoms with van der Waals surface area (Å²) in [4.78, 5) is 23.9. The van der Waals surface area contributed by atoms with Gasteiger partial charge in [0.05, 0.1) is 5.39 Å². The van der Waals surface area contributed by atoms with Crippen LogP contribution >= 0.6 is 0 Å². The molecule has 1 saturated heterocycles. The van der Waals surface area contributed by atoms with Crippen molar-refractivity contribution in [2.75, 3.05) is 18.5 Å². The number of hydrogen-bond acceptors (Lipinski definition) is 4. The van der Waals surface area contributed by atoms with Gasteiger partial charge in [-0.15, -0.1) is 0 Å². The number of rotatable bonds is 3. The van der Waals surface area contributed by atoms with Crippen LogP contribution in [0.5, 0.6) is 0 Å². The van der Waals surface area contributed by atoms with E-state index in [-0.39, 0.29) is 5.91 Å². The van der Waals surface area contributed by atoms with Crippen molar-refractivity contribution in [3.8, 4) is 0 Å². The number of aromatic amines is 1. The minimum Gasteiger partial charge on any atom is -0.381 e. The Bertz CT molecular complexity index is 659. The summed E-state index contributed by atoms with van der Waals surface area (Å²) in [5, 5.41) is 3.83. The minimum atomic E-state index is 0.0140. The fraction of sp³-hybridized carbons (Fsp3) is 0.533. The number of hydrogen-bond donors (Lipinski definition) is 2. The maximum Gasteiger partial charge on any atom is 0.225 e. The Labute approximate surface area is 123 Å². The summed E-state index contributed by atoms with van der Waals surface area (Å²) >= 11 is 0. The van der Waals surface area contributed by atoms with Crippen LogP contribution in [0.25, 0.3) is 11.0 Å². The number of amides is 1. The lowest BCUT2D eigenvalue weighted by molar-refractivity contribution is -0.117. The Hall–Kier alpha value is -1.95. The zero-order chi connectivity index (χ0) is 14.8. The van der Waals surface area contributed by atoms with E-state index in [1.54, 1.807) is 0 Å². The molecule has 112 valence electrons. The second-order valence-corrected chi connectivity index (χ2v) is 5.63. The van der Waals surface area contributed by atoms with Crippen molar-refractivity contribution in [1.29, 1.82) is 0 Å². The van der Waals surface area contributed by atoms with Crippen LogP contribution in [0, 0.1) is 19.8 Å². The molecule has 1 amide bonds. The fourth-order valence-corrected chi connectivity index (χ4v) is 2.78. The molecule has 1 aliphatic rings. The first-order chi connectivity index (χ1) is 10.1. The number of aromatic nitrogens is 3. The SMILES string of the molecule is Cc1[nH]c2ncnc(NC(=O)CC3CCOCC3)c2c1C. The minimum absolute atomic E-state index is 0.0140. The Balaban J connectivity index is 1.76. The average molecular weight is 288 g/mol. The van der Waals surface area contributed by atoms with Gasteiger partial charge < -0.3 is 15.0 Å². The van der Waals surface area contributed by atoms with Crippen LogP contribution in [-0.2, 0) is 9.53 Å². The summed E-state index contributed by atoms with van der Waals surface area (Å²) in [5.41, 5.74) is 2.89. The largest absolute Gasteiger partial charge is 0.381 e. The van der Waals surface area contributed by atoms with Crippen molar-refractivity contribution in [2.45, 2.75) is 33.1 Å². The fourth-order valence-electron chi connectivity index (χ4n) is 2.78. The van der Waals surface area contributed by atoms with Gasteiger partial charge in [-0.3, -0.25) is 4.79 Å². The summed E-state index contributed by atoms with van der Waals surface area (Å²) in [7, 11) is 0. The Morgan fingerprint density at radius 2 is 2.14 bits per heavy atom. The number of carbonyl (C=O) groups excluding carboxylic acids is 1. The van der Waals surface area contributed by atoms with E-state index in [4.69, 9.17) is 4.74 Å². The predicted octanol–water partition coefficient (Wildman–Crippen LogP) is 2.33. The topological polar surface area (TPSA) is 79.9 Å². The molecule has 6 heteroatoms. The Morgan fingerprint density at radius 1 is 1.38 bits per heavy atom. The highest BCUT2D eigenvalue weighted by Crippen LogP contribution is 2.26. The molecule has 3 heterocycles. The lowest BCUT2D eigenvalue weighted by Crippen LogP contribution is -2.22. The zero-order valence-corrected chi connectivity index (χ0v) is 12.4. The summed E-state index contributed by atoms with van der Waals surface area (Å²) < 4.78 is 5.32. The van der Waals surface area contributed by atoms with Gasteiger partial charge in [0, 0.05) is 25.3 Å². The molecule has 1 fully saturated rings. The normalized spacial score (nSPS) is 16.3. The molecule has 6 nitrogen and oxygen atoms in total. The van der Waals surface area contributed by atoms with Crippen molar-refractivity contribution >= 4 is 22.8 Å². The molecule has 0 spiro atoms.